The van der Waals surface area contributed by atoms with Gasteiger partial charge in [-0.3, -0.25) is 0 Å². The van der Waals surface area contributed by atoms with Gasteiger partial charge < -0.3 is 10.6 Å². The summed E-state index contributed by atoms with van der Waals surface area (Å²) in [5.41, 5.74) is 7.64. The number of hydrogen-bond donors (Lipinski definition) is 1. The molecule has 1 fully saturated rings. The first-order valence-electron chi connectivity index (χ1n) is 7.18. The van der Waals surface area contributed by atoms with Gasteiger partial charge in [0, 0.05) is 18.8 Å². The van der Waals surface area contributed by atoms with Crippen molar-refractivity contribution in [2.45, 2.75) is 40.5 Å². The molecule has 1 aromatic heterocycles. The van der Waals surface area contributed by atoms with Gasteiger partial charge in [0.2, 0.25) is 5.95 Å². The number of anilines is 1. The summed E-state index contributed by atoms with van der Waals surface area (Å²) >= 11 is 5.02. The van der Waals surface area contributed by atoms with Crippen LogP contribution in [0.2, 0.25) is 0 Å². The third kappa shape index (κ3) is 3.45. The minimum Gasteiger partial charge on any atom is -0.388 e. The van der Waals surface area contributed by atoms with E-state index in [0.29, 0.717) is 16.1 Å². The Bertz CT molecular complexity index is 499. The van der Waals surface area contributed by atoms with Crippen molar-refractivity contribution in [1.29, 1.82) is 0 Å². The summed E-state index contributed by atoms with van der Waals surface area (Å²) in [5, 5.41) is 0. The van der Waals surface area contributed by atoms with Gasteiger partial charge in [-0.15, -0.1) is 0 Å². The molecule has 20 heavy (non-hydrogen) atoms. The molecular weight excluding hydrogens is 268 g/mol. The highest BCUT2D eigenvalue weighted by Gasteiger charge is 2.29. The van der Waals surface area contributed by atoms with E-state index in [-0.39, 0.29) is 0 Å². The molecule has 1 aliphatic heterocycles. The van der Waals surface area contributed by atoms with E-state index in [1.165, 1.54) is 12.8 Å². The Morgan fingerprint density at radius 1 is 1.30 bits per heavy atom. The van der Waals surface area contributed by atoms with Crippen molar-refractivity contribution in [3.8, 4) is 0 Å². The van der Waals surface area contributed by atoms with Gasteiger partial charge in [0.1, 0.15) is 10.7 Å². The first kappa shape index (κ1) is 15.2. The maximum atomic E-state index is 5.68. The fourth-order valence-electron chi connectivity index (χ4n) is 2.77. The number of aromatic nitrogens is 2. The number of nitrogens with zero attached hydrogens (tertiary/aromatic N) is 3. The predicted octanol–water partition coefficient (Wildman–Crippen LogP) is 2.68. The summed E-state index contributed by atoms with van der Waals surface area (Å²) in [6, 6.07) is 1.84. The fraction of sp³-hybridized carbons (Fsp3) is 0.667. The van der Waals surface area contributed by atoms with Crippen molar-refractivity contribution in [1.82, 2.24) is 9.97 Å². The van der Waals surface area contributed by atoms with Gasteiger partial charge in [0.15, 0.2) is 0 Å². The number of rotatable bonds is 2. The van der Waals surface area contributed by atoms with Crippen molar-refractivity contribution in [2.75, 3.05) is 18.0 Å². The van der Waals surface area contributed by atoms with Crippen LogP contribution in [0.15, 0.2) is 6.07 Å². The average Bonchev–Trinajstić information content (AvgIpc) is 2.37. The lowest BCUT2D eigenvalue weighted by Gasteiger charge is -2.38. The summed E-state index contributed by atoms with van der Waals surface area (Å²) in [7, 11) is 0. The minimum atomic E-state index is 0.335. The van der Waals surface area contributed by atoms with Gasteiger partial charge in [-0.2, -0.15) is 0 Å². The predicted molar refractivity (Wildman–Crippen MR) is 87.0 cm³/mol. The summed E-state index contributed by atoms with van der Waals surface area (Å²) in [4.78, 5) is 11.6. The van der Waals surface area contributed by atoms with E-state index >= 15 is 0 Å². The van der Waals surface area contributed by atoms with E-state index in [9.17, 15) is 0 Å². The van der Waals surface area contributed by atoms with Crippen LogP contribution in [0.1, 0.15) is 45.0 Å². The second-order valence-corrected chi connectivity index (χ2v) is 7.13. The topological polar surface area (TPSA) is 55.0 Å². The van der Waals surface area contributed by atoms with Crippen molar-refractivity contribution in [3.05, 3.63) is 17.5 Å². The van der Waals surface area contributed by atoms with E-state index in [0.717, 1.165) is 30.6 Å². The number of aryl methyl sites for hydroxylation is 1. The van der Waals surface area contributed by atoms with Gasteiger partial charge in [0.05, 0.1) is 0 Å². The molecule has 0 aromatic carbocycles. The molecule has 0 amide bonds. The van der Waals surface area contributed by atoms with E-state index in [2.05, 4.69) is 35.6 Å². The molecule has 1 saturated heterocycles. The molecule has 0 aliphatic carbocycles. The molecule has 0 atom stereocenters. The van der Waals surface area contributed by atoms with Crippen molar-refractivity contribution in [2.24, 2.45) is 17.1 Å². The van der Waals surface area contributed by atoms with Crippen LogP contribution in [0, 0.1) is 18.3 Å². The van der Waals surface area contributed by atoms with Gasteiger partial charge in [-0.1, -0.05) is 33.0 Å². The summed E-state index contributed by atoms with van der Waals surface area (Å²) in [5.74, 6) is 1.53. The minimum absolute atomic E-state index is 0.335. The number of thiocarbonyl (C=S) groups is 1. The molecule has 2 heterocycles. The monoisotopic (exact) mass is 292 g/mol. The second kappa shape index (κ2) is 5.64. The summed E-state index contributed by atoms with van der Waals surface area (Å²) < 4.78 is 0. The lowest BCUT2D eigenvalue weighted by Crippen LogP contribution is -2.39. The van der Waals surface area contributed by atoms with Gasteiger partial charge in [0.25, 0.3) is 0 Å². The highest BCUT2D eigenvalue weighted by molar-refractivity contribution is 7.80. The molecule has 0 radical (unpaired) electrons. The van der Waals surface area contributed by atoms with Gasteiger partial charge in [-0.25, -0.2) is 9.97 Å². The summed E-state index contributed by atoms with van der Waals surface area (Å²) in [6.07, 6.45) is 2.37. The Kier molecular flexibility index (Phi) is 4.28. The standard InChI is InChI=1S/C15H24N4S/c1-10-9-12(13(16)20)18-14(17-10)19-7-5-11(6-8-19)15(2,3)4/h9,11H,5-8H2,1-4H3,(H2,16,20). The van der Waals surface area contributed by atoms with Crippen molar-refractivity contribution in [3.63, 3.8) is 0 Å². The molecule has 0 saturated carbocycles. The van der Waals surface area contributed by atoms with Gasteiger partial charge >= 0.3 is 0 Å². The molecule has 4 nitrogen and oxygen atoms in total. The van der Waals surface area contributed by atoms with Crippen LogP contribution < -0.4 is 10.6 Å². The second-order valence-electron chi connectivity index (χ2n) is 6.69. The first-order chi connectivity index (χ1) is 9.27. The maximum Gasteiger partial charge on any atom is 0.226 e. The summed E-state index contributed by atoms with van der Waals surface area (Å²) in [6.45, 7) is 10.9. The molecule has 1 aliphatic rings. The van der Waals surface area contributed by atoms with Crippen LogP contribution in [0.4, 0.5) is 5.95 Å². The van der Waals surface area contributed by atoms with Crippen LogP contribution in [-0.2, 0) is 0 Å². The van der Waals surface area contributed by atoms with Crippen LogP contribution in [0.25, 0.3) is 0 Å². The zero-order valence-electron chi connectivity index (χ0n) is 12.8. The van der Waals surface area contributed by atoms with Crippen LogP contribution in [0.3, 0.4) is 0 Å². The number of nitrogens with two attached hydrogens (primary N) is 1. The Balaban J connectivity index is 2.13. The lowest BCUT2D eigenvalue weighted by molar-refractivity contribution is 0.198. The molecule has 0 bridgehead atoms. The van der Waals surface area contributed by atoms with Gasteiger partial charge in [-0.05, 0) is 37.2 Å². The van der Waals surface area contributed by atoms with Crippen LogP contribution in [0.5, 0.6) is 0 Å². The lowest BCUT2D eigenvalue weighted by atomic mass is 9.75. The van der Waals surface area contributed by atoms with Crippen molar-refractivity contribution < 1.29 is 0 Å². The largest absolute Gasteiger partial charge is 0.388 e. The van der Waals surface area contributed by atoms with Crippen LogP contribution in [-0.4, -0.2) is 28.0 Å². The molecule has 1 aromatic rings. The van der Waals surface area contributed by atoms with Crippen LogP contribution >= 0.6 is 12.2 Å². The fourth-order valence-corrected chi connectivity index (χ4v) is 2.87. The van der Waals surface area contributed by atoms with E-state index in [1.54, 1.807) is 0 Å². The van der Waals surface area contributed by atoms with E-state index in [4.69, 9.17) is 18.0 Å². The highest BCUT2D eigenvalue weighted by Crippen LogP contribution is 2.34. The first-order valence-corrected chi connectivity index (χ1v) is 7.58. The van der Waals surface area contributed by atoms with E-state index < -0.39 is 0 Å². The quantitative estimate of drug-likeness (QED) is 0.849. The highest BCUT2D eigenvalue weighted by atomic mass is 32.1. The molecule has 0 unspecified atom stereocenters. The molecule has 2 N–H and O–H groups in total. The Hall–Kier alpha value is -1.23. The maximum absolute atomic E-state index is 5.68. The van der Waals surface area contributed by atoms with Crippen molar-refractivity contribution >= 4 is 23.2 Å². The Morgan fingerprint density at radius 2 is 1.90 bits per heavy atom. The SMILES string of the molecule is Cc1cc(C(N)=S)nc(N2CCC(C(C)(C)C)CC2)n1. The number of hydrogen-bond acceptors (Lipinski definition) is 4. The molecule has 2 rings (SSSR count). The Morgan fingerprint density at radius 3 is 2.40 bits per heavy atom. The number of piperidine rings is 1. The third-order valence-corrected chi connectivity index (χ3v) is 4.31. The molecular formula is C15H24N4S. The molecule has 110 valence electrons. The third-order valence-electron chi connectivity index (χ3n) is 4.10. The average molecular weight is 292 g/mol. The smallest absolute Gasteiger partial charge is 0.226 e. The molecule has 5 heteroatoms. The zero-order valence-corrected chi connectivity index (χ0v) is 13.6. The normalized spacial score (nSPS) is 17.3. The zero-order chi connectivity index (χ0) is 14.9. The Labute approximate surface area is 126 Å². The molecule has 0 spiro atoms. The van der Waals surface area contributed by atoms with E-state index in [1.807, 2.05) is 13.0 Å².